The molecular formula is C11H18O3S. The van der Waals surface area contributed by atoms with Gasteiger partial charge in [0.15, 0.2) is 0 Å². The fraction of sp³-hybridized carbons (Fsp3) is 0.455. The largest absolute Gasteiger partial charge is 0.286 e. The minimum absolute atomic E-state index is 0.0964. The summed E-state index contributed by atoms with van der Waals surface area (Å²) in [6, 6.07) is 12.0. The molecule has 4 heteroatoms. The molecule has 0 atom stereocenters. The fourth-order valence-corrected chi connectivity index (χ4v) is 1.49. The number of hydrogen-bond acceptors (Lipinski definition) is 2. The molecule has 1 N–H and O–H groups in total. The van der Waals surface area contributed by atoms with Crippen LogP contribution in [0.2, 0.25) is 0 Å². The molecule has 86 valence electrons. The van der Waals surface area contributed by atoms with Crippen molar-refractivity contribution in [3.63, 3.8) is 0 Å². The first-order chi connectivity index (χ1) is 7.06. The van der Waals surface area contributed by atoms with Crippen LogP contribution in [0.5, 0.6) is 0 Å². The van der Waals surface area contributed by atoms with E-state index < -0.39 is 10.1 Å². The molecule has 0 amide bonds. The summed E-state index contributed by atoms with van der Waals surface area (Å²) in [4.78, 5) is 0. The lowest BCUT2D eigenvalue weighted by molar-refractivity contribution is 0.480. The fourth-order valence-electron chi connectivity index (χ4n) is 0.919. The summed E-state index contributed by atoms with van der Waals surface area (Å²) >= 11 is 0. The highest BCUT2D eigenvalue weighted by Gasteiger charge is 2.01. The van der Waals surface area contributed by atoms with Gasteiger partial charge >= 0.3 is 0 Å². The molecule has 0 radical (unpaired) electrons. The highest BCUT2D eigenvalue weighted by molar-refractivity contribution is 7.85. The molecule has 0 saturated heterocycles. The van der Waals surface area contributed by atoms with Crippen molar-refractivity contribution >= 4 is 10.1 Å². The Balaban J connectivity index is 0.000000280. The van der Waals surface area contributed by atoms with Crippen LogP contribution in [0.3, 0.4) is 0 Å². The second-order valence-electron chi connectivity index (χ2n) is 3.15. The third-order valence-corrected chi connectivity index (χ3v) is 2.48. The molecule has 0 saturated carbocycles. The Bertz CT molecular complexity index is 292. The van der Waals surface area contributed by atoms with Crippen LogP contribution in [0.15, 0.2) is 36.4 Å². The Morgan fingerprint density at radius 2 is 1.33 bits per heavy atom. The maximum atomic E-state index is 10.1. The topological polar surface area (TPSA) is 54.4 Å². The minimum Gasteiger partial charge on any atom is -0.286 e. The van der Waals surface area contributed by atoms with Crippen LogP contribution >= 0.6 is 0 Å². The zero-order chi connectivity index (χ0) is 11.6. The monoisotopic (exact) mass is 230 g/mol. The summed E-state index contributed by atoms with van der Waals surface area (Å²) in [7, 11) is -3.70. The molecular weight excluding hydrogens is 212 g/mol. The van der Waals surface area contributed by atoms with Crippen molar-refractivity contribution in [2.45, 2.75) is 26.2 Å². The molecule has 0 fully saturated rings. The van der Waals surface area contributed by atoms with Gasteiger partial charge in [-0.1, -0.05) is 56.2 Å². The van der Waals surface area contributed by atoms with Gasteiger partial charge in [-0.15, -0.1) is 0 Å². The van der Waals surface area contributed by atoms with Gasteiger partial charge in [-0.2, -0.15) is 8.42 Å². The van der Waals surface area contributed by atoms with Gasteiger partial charge in [0.05, 0.1) is 5.75 Å². The van der Waals surface area contributed by atoms with Crippen molar-refractivity contribution in [2.75, 3.05) is 5.75 Å². The van der Waals surface area contributed by atoms with E-state index in [2.05, 4.69) is 0 Å². The van der Waals surface area contributed by atoms with Gasteiger partial charge in [-0.25, -0.2) is 0 Å². The number of rotatable bonds is 4. The first-order valence-electron chi connectivity index (χ1n) is 5.01. The van der Waals surface area contributed by atoms with Gasteiger partial charge in [0.1, 0.15) is 0 Å². The molecule has 0 aromatic heterocycles. The predicted molar refractivity (Wildman–Crippen MR) is 62.4 cm³/mol. The Kier molecular flexibility index (Phi) is 7.95. The summed E-state index contributed by atoms with van der Waals surface area (Å²) < 4.78 is 28.3. The lowest BCUT2D eigenvalue weighted by Crippen LogP contribution is -2.02. The van der Waals surface area contributed by atoms with Gasteiger partial charge < -0.3 is 0 Å². The normalized spacial score (nSPS) is 10.3. The van der Waals surface area contributed by atoms with E-state index in [9.17, 15) is 8.42 Å². The number of unbranched alkanes of at least 4 members (excludes halogenated alkanes) is 2. The highest BCUT2D eigenvalue weighted by atomic mass is 32.2. The average molecular weight is 230 g/mol. The Morgan fingerprint density at radius 3 is 1.60 bits per heavy atom. The molecule has 0 aliphatic rings. The molecule has 3 nitrogen and oxygen atoms in total. The zero-order valence-corrected chi connectivity index (χ0v) is 9.78. The molecule has 1 aromatic carbocycles. The molecule has 0 spiro atoms. The van der Waals surface area contributed by atoms with Crippen molar-refractivity contribution in [1.29, 1.82) is 0 Å². The third kappa shape index (κ3) is 13.1. The van der Waals surface area contributed by atoms with Gasteiger partial charge in [-0.05, 0) is 6.42 Å². The minimum atomic E-state index is -3.70. The summed E-state index contributed by atoms with van der Waals surface area (Å²) in [6.45, 7) is 1.98. The first kappa shape index (κ1) is 14.1. The maximum absolute atomic E-state index is 10.1. The van der Waals surface area contributed by atoms with Gasteiger partial charge in [0, 0.05) is 0 Å². The van der Waals surface area contributed by atoms with Crippen LogP contribution in [0.1, 0.15) is 26.2 Å². The smallest absolute Gasteiger partial charge is 0.264 e. The van der Waals surface area contributed by atoms with E-state index in [0.29, 0.717) is 6.42 Å². The van der Waals surface area contributed by atoms with Gasteiger partial charge in [0.2, 0.25) is 0 Å². The zero-order valence-electron chi connectivity index (χ0n) is 8.96. The van der Waals surface area contributed by atoms with Crippen LogP contribution in [0.25, 0.3) is 0 Å². The van der Waals surface area contributed by atoms with Crippen molar-refractivity contribution < 1.29 is 13.0 Å². The van der Waals surface area contributed by atoms with E-state index in [-0.39, 0.29) is 5.75 Å². The van der Waals surface area contributed by atoms with Gasteiger partial charge in [0.25, 0.3) is 10.1 Å². The second kappa shape index (κ2) is 8.44. The van der Waals surface area contributed by atoms with Crippen molar-refractivity contribution in [2.24, 2.45) is 0 Å². The molecule has 1 rings (SSSR count). The summed E-state index contributed by atoms with van der Waals surface area (Å²) in [5.41, 5.74) is 0. The van der Waals surface area contributed by atoms with Crippen LogP contribution < -0.4 is 0 Å². The summed E-state index contributed by atoms with van der Waals surface area (Å²) in [5.74, 6) is -0.0964. The van der Waals surface area contributed by atoms with E-state index in [1.54, 1.807) is 0 Å². The Morgan fingerprint density at radius 1 is 0.933 bits per heavy atom. The number of benzene rings is 1. The predicted octanol–water partition coefficient (Wildman–Crippen LogP) is 2.75. The SMILES string of the molecule is CCCCCS(=O)(=O)O.c1ccccc1. The quantitative estimate of drug-likeness (QED) is 0.639. The van der Waals surface area contributed by atoms with Crippen LogP contribution in [-0.4, -0.2) is 18.7 Å². The summed E-state index contributed by atoms with van der Waals surface area (Å²) in [6.07, 6.45) is 2.39. The molecule has 0 bridgehead atoms. The van der Waals surface area contributed by atoms with E-state index >= 15 is 0 Å². The van der Waals surface area contributed by atoms with Crippen molar-refractivity contribution in [3.8, 4) is 0 Å². The second-order valence-corrected chi connectivity index (χ2v) is 4.72. The molecule has 1 aromatic rings. The maximum Gasteiger partial charge on any atom is 0.264 e. The highest BCUT2D eigenvalue weighted by Crippen LogP contribution is 1.96. The molecule has 15 heavy (non-hydrogen) atoms. The third-order valence-electron chi connectivity index (χ3n) is 1.67. The average Bonchev–Trinajstić information content (AvgIpc) is 2.20. The van der Waals surface area contributed by atoms with E-state index in [4.69, 9.17) is 4.55 Å². The Hall–Kier alpha value is -0.870. The molecule has 0 aliphatic carbocycles. The van der Waals surface area contributed by atoms with Crippen LogP contribution in [0.4, 0.5) is 0 Å². The van der Waals surface area contributed by atoms with Crippen molar-refractivity contribution in [1.82, 2.24) is 0 Å². The van der Waals surface area contributed by atoms with Crippen LogP contribution in [0, 0.1) is 0 Å². The van der Waals surface area contributed by atoms with Crippen molar-refractivity contribution in [3.05, 3.63) is 36.4 Å². The first-order valence-corrected chi connectivity index (χ1v) is 6.62. The van der Waals surface area contributed by atoms with Gasteiger partial charge in [-0.3, -0.25) is 4.55 Å². The van der Waals surface area contributed by atoms with Crippen LogP contribution in [-0.2, 0) is 10.1 Å². The Labute approximate surface area is 91.9 Å². The number of hydrogen-bond donors (Lipinski definition) is 1. The molecule has 0 aliphatic heterocycles. The lowest BCUT2D eigenvalue weighted by atomic mass is 10.3. The standard InChI is InChI=1S/C6H6.C5H12O3S/c1-2-4-6-5-3-1;1-2-3-4-5-9(6,7)8/h1-6H;2-5H2,1H3,(H,6,7,8). The van der Waals surface area contributed by atoms with E-state index in [1.165, 1.54) is 0 Å². The summed E-state index contributed by atoms with van der Waals surface area (Å²) in [5, 5.41) is 0. The molecule has 0 unspecified atom stereocenters. The van der Waals surface area contributed by atoms with E-state index in [0.717, 1.165) is 12.8 Å². The lowest BCUT2D eigenvalue weighted by Gasteiger charge is -1.92. The molecule has 0 heterocycles. The van der Waals surface area contributed by atoms with E-state index in [1.807, 2.05) is 43.3 Å².